The van der Waals surface area contributed by atoms with Crippen LogP contribution in [0.5, 0.6) is 0 Å². The van der Waals surface area contributed by atoms with Crippen molar-refractivity contribution >= 4 is 16.3 Å². The van der Waals surface area contributed by atoms with Crippen molar-refractivity contribution in [2.75, 3.05) is 13.2 Å². The molecule has 0 aromatic heterocycles. The number of aliphatic hydroxyl groups is 4. The number of allylic oxidation sites excluding steroid dienone is 4. The summed E-state index contributed by atoms with van der Waals surface area (Å²) in [4.78, 5) is 13.2. The highest BCUT2D eigenvalue weighted by Gasteiger charge is 2.48. The van der Waals surface area contributed by atoms with Crippen LogP contribution < -0.4 is 5.32 Å². The van der Waals surface area contributed by atoms with Gasteiger partial charge < -0.3 is 35.2 Å². The zero-order valence-electron chi connectivity index (χ0n) is 52.6. The van der Waals surface area contributed by atoms with Gasteiger partial charge in [-0.15, -0.1) is 0 Å². The molecule has 7 unspecified atom stereocenters. The second kappa shape index (κ2) is 57.6. The lowest BCUT2D eigenvalue weighted by molar-refractivity contribution is -0.298. The number of unbranched alkanes of at least 4 members (excludes halogenated alkanes) is 46. The van der Waals surface area contributed by atoms with Crippen molar-refractivity contribution in [1.82, 2.24) is 5.32 Å². The van der Waals surface area contributed by atoms with Gasteiger partial charge in [-0.2, -0.15) is 8.42 Å². The SMILES string of the molecule is CCCCCCCCCCC/C=C\C/C=C\CCCCCCCCCCCCCCCCCCCC(=O)NC(COC1OC(CO)C(O)C(OS(=O)(=O)O)C1O)C(O)CCCCCCCCCCCCCCCCCCCCCCC. The second-order valence-corrected chi connectivity index (χ2v) is 25.5. The molecular weight excluding hydrogens is 1040 g/mol. The minimum absolute atomic E-state index is 0.223. The van der Waals surface area contributed by atoms with Crippen LogP contribution in [0.15, 0.2) is 24.3 Å². The van der Waals surface area contributed by atoms with Crippen molar-refractivity contribution in [3.8, 4) is 0 Å². The Morgan fingerprint density at radius 3 is 1.17 bits per heavy atom. The molecule has 0 saturated carbocycles. The van der Waals surface area contributed by atoms with Crippen molar-refractivity contribution in [1.29, 1.82) is 0 Å². The molecule has 0 aliphatic carbocycles. The molecule has 1 aliphatic heterocycles. The number of rotatable bonds is 62. The molecular formula is C68H131NO11S. The molecule has 480 valence electrons. The van der Waals surface area contributed by atoms with E-state index in [0.717, 1.165) is 57.8 Å². The van der Waals surface area contributed by atoms with Crippen molar-refractivity contribution in [2.24, 2.45) is 0 Å². The van der Waals surface area contributed by atoms with Gasteiger partial charge in [-0.1, -0.05) is 321 Å². The van der Waals surface area contributed by atoms with E-state index in [1.807, 2.05) is 0 Å². The van der Waals surface area contributed by atoms with Gasteiger partial charge in [0.2, 0.25) is 5.91 Å². The average molecular weight is 1170 g/mol. The number of amides is 1. The van der Waals surface area contributed by atoms with E-state index in [4.69, 9.17) is 9.47 Å². The molecule has 0 aromatic rings. The topological polar surface area (TPSA) is 192 Å². The largest absolute Gasteiger partial charge is 0.397 e. The van der Waals surface area contributed by atoms with E-state index in [2.05, 4.69) is 47.7 Å². The Kier molecular flexibility index (Phi) is 55.2. The highest BCUT2D eigenvalue weighted by atomic mass is 32.3. The first kappa shape index (κ1) is 77.6. The molecule has 0 radical (unpaired) electrons. The van der Waals surface area contributed by atoms with Gasteiger partial charge in [0.1, 0.15) is 24.4 Å². The lowest BCUT2D eigenvalue weighted by Gasteiger charge is -2.41. The molecule has 13 heteroatoms. The molecule has 1 heterocycles. The van der Waals surface area contributed by atoms with Gasteiger partial charge in [-0.3, -0.25) is 9.35 Å². The highest BCUT2D eigenvalue weighted by molar-refractivity contribution is 7.80. The summed E-state index contributed by atoms with van der Waals surface area (Å²) in [5, 5.41) is 45.3. The smallest absolute Gasteiger partial charge is 0.394 e. The molecule has 1 aliphatic rings. The van der Waals surface area contributed by atoms with Gasteiger partial charge in [0.25, 0.3) is 0 Å². The predicted molar refractivity (Wildman–Crippen MR) is 338 cm³/mol. The van der Waals surface area contributed by atoms with Crippen LogP contribution in [-0.2, 0) is 28.9 Å². The highest BCUT2D eigenvalue weighted by Crippen LogP contribution is 2.27. The van der Waals surface area contributed by atoms with Gasteiger partial charge in [0.05, 0.1) is 25.4 Å². The van der Waals surface area contributed by atoms with Gasteiger partial charge >= 0.3 is 10.4 Å². The Balaban J connectivity index is 2.22. The van der Waals surface area contributed by atoms with E-state index in [-0.39, 0.29) is 12.5 Å². The maximum absolute atomic E-state index is 13.2. The number of ether oxygens (including phenoxy) is 2. The molecule has 7 atom stereocenters. The molecule has 81 heavy (non-hydrogen) atoms. The summed E-state index contributed by atoms with van der Waals surface area (Å²) >= 11 is 0. The van der Waals surface area contributed by atoms with Crippen LogP contribution in [0.1, 0.15) is 348 Å². The van der Waals surface area contributed by atoms with Crippen molar-refractivity contribution in [3.05, 3.63) is 24.3 Å². The number of hydrogen-bond donors (Lipinski definition) is 6. The summed E-state index contributed by atoms with van der Waals surface area (Å²) in [7, 11) is -5.08. The van der Waals surface area contributed by atoms with Crippen molar-refractivity contribution < 1.29 is 51.8 Å². The maximum atomic E-state index is 13.2. The lowest BCUT2D eigenvalue weighted by atomic mass is 9.99. The minimum atomic E-state index is -5.08. The summed E-state index contributed by atoms with van der Waals surface area (Å²) in [5.74, 6) is -0.223. The van der Waals surface area contributed by atoms with E-state index in [1.54, 1.807) is 0 Å². The average Bonchev–Trinajstić information content (AvgIpc) is 3.50. The monoisotopic (exact) mass is 1170 g/mol. The van der Waals surface area contributed by atoms with Crippen molar-refractivity contribution in [2.45, 2.75) is 391 Å². The van der Waals surface area contributed by atoms with E-state index >= 15 is 0 Å². The second-order valence-electron chi connectivity index (χ2n) is 24.5. The Morgan fingerprint density at radius 2 is 0.827 bits per heavy atom. The first-order chi connectivity index (χ1) is 39.5. The molecule has 1 fully saturated rings. The molecule has 0 spiro atoms. The van der Waals surface area contributed by atoms with E-state index in [0.29, 0.717) is 12.8 Å². The van der Waals surface area contributed by atoms with Gasteiger partial charge in [-0.05, 0) is 44.9 Å². The summed E-state index contributed by atoms with van der Waals surface area (Å²) in [6, 6.07) is -0.858. The Morgan fingerprint density at radius 1 is 0.494 bits per heavy atom. The number of carbonyl (C=O) groups is 1. The van der Waals surface area contributed by atoms with Gasteiger partial charge in [0.15, 0.2) is 6.29 Å². The van der Waals surface area contributed by atoms with Crippen LogP contribution in [0, 0.1) is 0 Å². The fourth-order valence-electron chi connectivity index (χ4n) is 11.4. The molecule has 1 saturated heterocycles. The summed E-state index contributed by atoms with van der Waals surface area (Å²) < 4.78 is 48.1. The molecule has 0 aromatic carbocycles. The van der Waals surface area contributed by atoms with Crippen LogP contribution in [0.3, 0.4) is 0 Å². The van der Waals surface area contributed by atoms with Crippen LogP contribution in [-0.4, -0.2) is 95.4 Å². The zero-order chi connectivity index (χ0) is 59.0. The molecule has 12 nitrogen and oxygen atoms in total. The Labute approximate surface area is 499 Å². The number of hydrogen-bond acceptors (Lipinski definition) is 10. The third-order valence-electron chi connectivity index (χ3n) is 16.8. The first-order valence-corrected chi connectivity index (χ1v) is 36.1. The van der Waals surface area contributed by atoms with Crippen LogP contribution in [0.25, 0.3) is 0 Å². The summed E-state index contributed by atoms with van der Waals surface area (Å²) in [5.41, 5.74) is 0. The van der Waals surface area contributed by atoms with Crippen molar-refractivity contribution in [3.63, 3.8) is 0 Å². The fraction of sp³-hybridized carbons (Fsp3) is 0.926. The number of carbonyl (C=O) groups excluding carboxylic acids is 1. The summed E-state index contributed by atoms with van der Waals surface area (Å²) in [6.07, 6.45) is 64.9. The van der Waals surface area contributed by atoms with E-state index < -0.39 is 59.9 Å². The van der Waals surface area contributed by atoms with Crippen LogP contribution in [0.2, 0.25) is 0 Å². The Bertz CT molecular complexity index is 1520. The quantitative estimate of drug-likeness (QED) is 0.0193. The first-order valence-electron chi connectivity index (χ1n) is 34.7. The van der Waals surface area contributed by atoms with Gasteiger partial charge in [-0.25, -0.2) is 4.18 Å². The third kappa shape index (κ3) is 49.4. The van der Waals surface area contributed by atoms with E-state index in [9.17, 15) is 38.2 Å². The third-order valence-corrected chi connectivity index (χ3v) is 17.2. The summed E-state index contributed by atoms with van der Waals surface area (Å²) in [6.45, 7) is 3.51. The standard InChI is InChI=1S/C68H131NO11S/c1-3-5-7-9-11-13-15-17-19-21-23-25-26-27-28-29-30-31-32-33-34-35-36-38-40-42-44-46-48-50-52-54-56-58-64(72)69-61(60-78-68-66(74)67(80-81(75,76)77)65(73)63(59-70)79-68)62(71)57-55-53-51-49-47-45-43-41-39-37-24-22-20-18-16-14-12-10-8-6-4-2/h23,25,27-28,61-63,65-68,70-71,73-74H,3-22,24,26,29-60H2,1-2H3,(H,69,72)(H,75,76,77)/b25-23-,28-27-. The number of aliphatic hydroxyl groups excluding tert-OH is 4. The predicted octanol–water partition coefficient (Wildman–Crippen LogP) is 17.9. The molecule has 0 bridgehead atoms. The molecule has 1 rings (SSSR count). The number of nitrogens with one attached hydrogen (secondary N) is 1. The van der Waals surface area contributed by atoms with Gasteiger partial charge in [0, 0.05) is 6.42 Å². The molecule has 1 amide bonds. The Hall–Kier alpha value is -1.42. The van der Waals surface area contributed by atoms with Crippen LogP contribution in [0.4, 0.5) is 0 Å². The normalized spacial score (nSPS) is 18.6. The maximum Gasteiger partial charge on any atom is 0.397 e. The fourth-order valence-corrected chi connectivity index (χ4v) is 11.9. The zero-order valence-corrected chi connectivity index (χ0v) is 53.4. The van der Waals surface area contributed by atoms with Crippen LogP contribution >= 0.6 is 0 Å². The lowest BCUT2D eigenvalue weighted by Crippen LogP contribution is -2.61. The molecule has 6 N–H and O–H groups in total. The van der Waals surface area contributed by atoms with E-state index in [1.165, 1.54) is 263 Å². The minimum Gasteiger partial charge on any atom is -0.394 e.